The number of fused-ring (bicyclic) bond motifs is 15. The van der Waals surface area contributed by atoms with E-state index in [0.29, 0.717) is 17.5 Å². The lowest BCUT2D eigenvalue weighted by Crippen LogP contribution is -2.00. The Morgan fingerprint density at radius 3 is 0.758 bits per heavy atom. The summed E-state index contributed by atoms with van der Waals surface area (Å²) in [7, 11) is 0. The van der Waals surface area contributed by atoms with Gasteiger partial charge in [0.2, 0.25) is 0 Å². The highest BCUT2D eigenvalue weighted by atomic mass is 16.3. The van der Waals surface area contributed by atoms with Crippen molar-refractivity contribution in [3.05, 3.63) is 564 Å². The first kappa shape index (κ1) is 88.0. The van der Waals surface area contributed by atoms with Crippen LogP contribution in [0.5, 0.6) is 0 Å². The predicted octanol–water partition coefficient (Wildman–Crippen LogP) is 37.5. The van der Waals surface area contributed by atoms with E-state index in [2.05, 4.69) is 540 Å². The second-order valence-electron chi connectivity index (χ2n) is 38.1. The normalized spacial score (nSPS) is 11.5. The molecule has 0 aliphatic carbocycles. The smallest absolute Gasteiger partial charge is 0.167 e. The summed E-state index contributed by atoms with van der Waals surface area (Å²) in [6.07, 6.45) is 0. The topological polar surface area (TPSA) is 71.5 Å². The number of furan rings is 1. The third-order valence-corrected chi connectivity index (χ3v) is 29.2. The van der Waals surface area contributed by atoms with E-state index in [1.54, 1.807) is 0 Å². The minimum absolute atomic E-state index is 0.564. The van der Waals surface area contributed by atoms with Gasteiger partial charge in [0.1, 0.15) is 11.2 Å². The van der Waals surface area contributed by atoms with Crippen molar-refractivity contribution in [1.82, 2.24) is 33.2 Å². The monoisotopic (exact) mass is 1900 g/mol. The first-order valence-corrected chi connectivity index (χ1v) is 50.7. The molecule has 6 aromatic heterocycles. The molecule has 0 unspecified atom stereocenters. The molecule has 149 heavy (non-hydrogen) atoms. The summed E-state index contributed by atoms with van der Waals surface area (Å²) < 4.78 is 16.0. The summed E-state index contributed by atoms with van der Waals surface area (Å²) in [6, 6.07) is 201. The summed E-state index contributed by atoms with van der Waals surface area (Å²) >= 11 is 0. The first-order chi connectivity index (χ1) is 73.9. The fraction of sp³-hybridized carbons (Fsp3) is 0. The molecule has 23 aromatic carbocycles. The Hall–Kier alpha value is -19.9. The lowest BCUT2D eigenvalue weighted by molar-refractivity contribution is 0.669. The summed E-state index contributed by atoms with van der Waals surface area (Å²) in [5.41, 5.74) is 40.0. The van der Waals surface area contributed by atoms with Gasteiger partial charge in [0.05, 0.1) is 49.7 Å². The molecule has 698 valence electrons. The predicted molar refractivity (Wildman–Crippen MR) is 623 cm³/mol. The van der Waals surface area contributed by atoms with Crippen molar-refractivity contribution in [3.8, 4) is 157 Å². The molecule has 8 heteroatoms. The Bertz CT molecular complexity index is 10000. The van der Waals surface area contributed by atoms with Crippen LogP contribution in [0, 0.1) is 0 Å². The maximum absolute atomic E-state index is 6.41. The average Bonchev–Trinajstić information content (AvgIpc) is 1.58. The van der Waals surface area contributed by atoms with E-state index in [0.717, 1.165) is 83.6 Å². The number of nitrogens with zero attached hydrogens (tertiary/aromatic N) is 7. The highest BCUT2D eigenvalue weighted by Gasteiger charge is 2.24. The second-order valence-corrected chi connectivity index (χ2v) is 38.1. The van der Waals surface area contributed by atoms with E-state index in [1.807, 2.05) is 42.5 Å². The maximum Gasteiger partial charge on any atom is 0.167 e. The van der Waals surface area contributed by atoms with Gasteiger partial charge in [0.15, 0.2) is 17.5 Å². The number of aromatic nitrogens is 7. The number of para-hydroxylation sites is 8. The SMILES string of the molecule is c1ccc(-c2ccc(-c3cccc(-c4nc(-c5ccc(-c6ccccc6)cc5)nc(-c5cccc6c5oc5ccccc56)n4)c3)cc2)cc1.c1ccc(-c2ccc(-c3cccc(-n4c5ccccc5c5cc(-c6cccc(-n7c8ccccc8c8ccccc87)c6)ccc54)c3)cc2)cc1.c1ccc(-c2ccc(-c3cccc(-n4c5ccccc5c5ccc(-c6cccc(-n7c8ccccc8c8ccccc87)c6)cc54)c3)cc2)cc1. The highest BCUT2D eigenvalue weighted by Crippen LogP contribution is 2.45. The minimum atomic E-state index is 0.564. The zero-order valence-electron chi connectivity index (χ0n) is 81.2. The van der Waals surface area contributed by atoms with Gasteiger partial charge < -0.3 is 22.7 Å². The molecule has 29 rings (SSSR count). The molecule has 0 N–H and O–H groups in total. The molecular weight excluding hydrogens is 1810 g/mol. The number of hydrogen-bond acceptors (Lipinski definition) is 4. The molecule has 0 saturated carbocycles. The molecule has 0 aliphatic heterocycles. The van der Waals surface area contributed by atoms with E-state index < -0.39 is 0 Å². The van der Waals surface area contributed by atoms with Crippen LogP contribution in [0.25, 0.3) is 266 Å². The standard InChI is InChI=1S/2C48H32N2.C45H29N3O/c1-2-12-33(13-3-1)34-24-26-35(27-25-34)36-14-10-17-40(30-36)50-47-23-9-6-20-43(47)44-29-28-38(32-48(44)50)37-15-11-16-39(31-37)49-45-21-7-4-18-41(45)42-19-5-8-22-46(42)49;1-2-12-33(13-3-1)34-24-26-35(27-25-34)36-14-10-16-39(30-36)50-47-23-9-6-20-43(47)44-32-38(28-29-48(44)50)37-15-11-17-40(31-37)49-45-21-7-4-18-41(45)42-19-5-8-22-46(42)49;1-3-11-30(12-4-1)32-21-23-34(24-22-32)36-15-9-16-37(29-36)44-46-43(35-27-25-33(26-28-35)31-13-5-2-6-14-31)47-45(48-44)40-19-10-18-39-38-17-7-8-20-41(38)49-42(39)40/h2*1-32H;1-29H. The van der Waals surface area contributed by atoms with E-state index in [4.69, 9.17) is 19.4 Å². The first-order valence-electron chi connectivity index (χ1n) is 50.7. The molecule has 0 aliphatic rings. The molecule has 0 bridgehead atoms. The van der Waals surface area contributed by atoms with Crippen molar-refractivity contribution in [3.63, 3.8) is 0 Å². The molecular formula is C141H93N7O. The van der Waals surface area contributed by atoms with Crippen molar-refractivity contribution in [2.45, 2.75) is 0 Å². The van der Waals surface area contributed by atoms with E-state index >= 15 is 0 Å². The van der Waals surface area contributed by atoms with Crippen LogP contribution in [-0.2, 0) is 0 Å². The molecule has 0 fully saturated rings. The lowest BCUT2D eigenvalue weighted by atomic mass is 9.99. The van der Waals surface area contributed by atoms with Crippen LogP contribution >= 0.6 is 0 Å². The van der Waals surface area contributed by atoms with Gasteiger partial charge in [0.25, 0.3) is 0 Å². The van der Waals surface area contributed by atoms with Crippen LogP contribution in [0.1, 0.15) is 0 Å². The Kier molecular flexibility index (Phi) is 22.5. The van der Waals surface area contributed by atoms with Gasteiger partial charge in [-0.2, -0.15) is 0 Å². The van der Waals surface area contributed by atoms with Crippen LogP contribution in [-0.4, -0.2) is 33.2 Å². The van der Waals surface area contributed by atoms with E-state index in [9.17, 15) is 0 Å². The number of rotatable bonds is 16. The second kappa shape index (κ2) is 38.1. The average molecular weight is 1900 g/mol. The summed E-state index contributed by atoms with van der Waals surface area (Å²) in [6.45, 7) is 0. The van der Waals surface area contributed by atoms with Gasteiger partial charge in [-0.1, -0.05) is 443 Å². The molecule has 0 spiro atoms. The van der Waals surface area contributed by atoms with Gasteiger partial charge in [-0.15, -0.1) is 0 Å². The Balaban J connectivity index is 0.000000110. The van der Waals surface area contributed by atoms with Crippen LogP contribution in [0.4, 0.5) is 0 Å². The Morgan fingerprint density at radius 2 is 0.362 bits per heavy atom. The largest absolute Gasteiger partial charge is 0.455 e. The quantitative estimate of drug-likeness (QED) is 0.0966. The lowest BCUT2D eigenvalue weighted by Gasteiger charge is -2.13. The molecule has 0 atom stereocenters. The molecule has 6 heterocycles. The zero-order chi connectivity index (χ0) is 98.6. The van der Waals surface area contributed by atoms with E-state index in [-0.39, 0.29) is 0 Å². The van der Waals surface area contributed by atoms with Crippen molar-refractivity contribution >= 4 is 109 Å². The third kappa shape index (κ3) is 16.5. The van der Waals surface area contributed by atoms with Gasteiger partial charge >= 0.3 is 0 Å². The minimum Gasteiger partial charge on any atom is -0.455 e. The highest BCUT2D eigenvalue weighted by molar-refractivity contribution is 6.15. The number of hydrogen-bond donors (Lipinski definition) is 0. The summed E-state index contributed by atoms with van der Waals surface area (Å²) in [5, 5.41) is 12.2. The van der Waals surface area contributed by atoms with Gasteiger partial charge in [-0.25, -0.2) is 15.0 Å². The van der Waals surface area contributed by atoms with Crippen molar-refractivity contribution in [2.24, 2.45) is 0 Å². The zero-order valence-corrected chi connectivity index (χ0v) is 81.2. The van der Waals surface area contributed by atoms with Crippen molar-refractivity contribution in [1.29, 1.82) is 0 Å². The Morgan fingerprint density at radius 1 is 0.128 bits per heavy atom. The van der Waals surface area contributed by atoms with Crippen LogP contribution in [0.2, 0.25) is 0 Å². The molecule has 0 radical (unpaired) electrons. The molecule has 29 aromatic rings. The summed E-state index contributed by atoms with van der Waals surface area (Å²) in [5.74, 6) is 1.77. The van der Waals surface area contributed by atoms with Crippen LogP contribution in [0.3, 0.4) is 0 Å². The van der Waals surface area contributed by atoms with E-state index in [1.165, 1.54) is 165 Å². The molecule has 0 saturated heterocycles. The third-order valence-electron chi connectivity index (χ3n) is 29.2. The Labute approximate surface area is 861 Å². The molecule has 0 amide bonds. The van der Waals surface area contributed by atoms with Crippen molar-refractivity contribution in [2.75, 3.05) is 0 Å². The maximum atomic E-state index is 6.41. The van der Waals surface area contributed by atoms with Gasteiger partial charge in [0, 0.05) is 87.7 Å². The van der Waals surface area contributed by atoms with Gasteiger partial charge in [-0.05, 0) is 221 Å². The number of benzene rings is 23. The molecule has 8 nitrogen and oxygen atoms in total. The summed E-state index contributed by atoms with van der Waals surface area (Å²) in [4.78, 5) is 15.2. The van der Waals surface area contributed by atoms with Crippen LogP contribution in [0.15, 0.2) is 569 Å². The fourth-order valence-electron chi connectivity index (χ4n) is 22.0. The van der Waals surface area contributed by atoms with Crippen molar-refractivity contribution < 1.29 is 4.42 Å². The van der Waals surface area contributed by atoms with Gasteiger partial charge in [-0.3, -0.25) is 0 Å². The van der Waals surface area contributed by atoms with Crippen LogP contribution < -0.4 is 0 Å². The fourth-order valence-corrected chi connectivity index (χ4v) is 22.0.